The number of benzene rings is 5. The first-order valence-corrected chi connectivity index (χ1v) is 15.6. The van der Waals surface area contributed by atoms with Crippen LogP contribution in [0.2, 0.25) is 5.02 Å². The van der Waals surface area contributed by atoms with E-state index in [2.05, 4.69) is 35.3 Å². The lowest BCUT2D eigenvalue weighted by molar-refractivity contribution is -0.136. The lowest BCUT2D eigenvalue weighted by Crippen LogP contribution is -2.24. The SMILES string of the molecule is O=C(O)Cc1ccc2ccccc2n1.O=C1C(=C2CCCc3ccc4c(ccc5c(Cl)cccc54)c32)CCN1c1ccccc1. The van der Waals surface area contributed by atoms with Gasteiger partial charge in [0.15, 0.2) is 0 Å². The lowest BCUT2D eigenvalue weighted by atomic mass is 9.81. The van der Waals surface area contributed by atoms with Gasteiger partial charge < -0.3 is 10.0 Å². The van der Waals surface area contributed by atoms with E-state index in [1.54, 1.807) is 6.07 Å². The highest BCUT2D eigenvalue weighted by Crippen LogP contribution is 2.43. The highest BCUT2D eigenvalue weighted by atomic mass is 35.5. The molecule has 6 heteroatoms. The van der Waals surface area contributed by atoms with Gasteiger partial charge in [0.1, 0.15) is 0 Å². The second kappa shape index (κ2) is 12.2. The molecule has 0 bridgehead atoms. The molecular formula is C39H31ClN2O3. The molecule has 1 amide bonds. The Hall–Kier alpha value is -5.00. The summed E-state index contributed by atoms with van der Waals surface area (Å²) in [6.07, 6.45) is 3.90. The number of carboxylic acids is 1. The van der Waals surface area contributed by atoms with Crippen molar-refractivity contribution in [3.63, 3.8) is 0 Å². The fourth-order valence-electron chi connectivity index (χ4n) is 6.72. The van der Waals surface area contributed by atoms with Gasteiger partial charge in [0.05, 0.1) is 17.6 Å². The third kappa shape index (κ3) is 5.56. The topological polar surface area (TPSA) is 70.5 Å². The standard InChI is InChI=1S/C28H22ClNO.C11H9NO2/c29-26-11-5-9-20-21-13-12-18-6-4-10-23(27(18)24(21)15-14-22(20)26)25-16-17-30(28(25)31)19-7-2-1-3-8-19;13-11(14)7-9-6-5-8-3-1-2-4-10(8)12-9/h1-3,5,7-9,11-15H,4,6,10,16-17H2;1-6H,7H2,(H,13,14). The number of aryl methyl sites for hydroxylation is 1. The molecule has 0 radical (unpaired) electrons. The van der Waals surface area contributed by atoms with Gasteiger partial charge in [-0.15, -0.1) is 0 Å². The number of amides is 1. The Labute approximate surface area is 266 Å². The van der Waals surface area contributed by atoms with Crippen molar-refractivity contribution in [1.82, 2.24) is 4.98 Å². The van der Waals surface area contributed by atoms with E-state index in [1.165, 1.54) is 32.9 Å². The first kappa shape index (κ1) is 28.8. The minimum absolute atomic E-state index is 0.0230. The van der Waals surface area contributed by atoms with E-state index >= 15 is 0 Å². The summed E-state index contributed by atoms with van der Waals surface area (Å²) in [4.78, 5) is 30.1. The number of anilines is 1. The maximum atomic E-state index is 13.5. The molecule has 5 nitrogen and oxygen atoms in total. The van der Waals surface area contributed by atoms with E-state index in [-0.39, 0.29) is 12.3 Å². The van der Waals surface area contributed by atoms with E-state index in [0.29, 0.717) is 5.69 Å². The van der Waals surface area contributed by atoms with Crippen LogP contribution in [0.4, 0.5) is 5.69 Å². The summed E-state index contributed by atoms with van der Waals surface area (Å²) in [7, 11) is 0. The van der Waals surface area contributed by atoms with Crippen molar-refractivity contribution in [1.29, 1.82) is 0 Å². The molecule has 45 heavy (non-hydrogen) atoms. The van der Waals surface area contributed by atoms with Crippen molar-refractivity contribution < 1.29 is 14.7 Å². The van der Waals surface area contributed by atoms with Crippen LogP contribution in [0, 0.1) is 0 Å². The Morgan fingerprint density at radius 3 is 2.33 bits per heavy atom. The van der Waals surface area contributed by atoms with E-state index in [1.807, 2.05) is 77.7 Å². The van der Waals surface area contributed by atoms with E-state index in [4.69, 9.17) is 16.7 Å². The van der Waals surface area contributed by atoms with Crippen molar-refractivity contribution in [2.45, 2.75) is 32.1 Å². The number of halogens is 1. The molecule has 2 aliphatic rings. The number of carbonyl (C=O) groups is 2. The molecule has 1 aliphatic carbocycles. The van der Waals surface area contributed by atoms with Crippen LogP contribution in [0.25, 0.3) is 38.0 Å². The molecule has 1 fully saturated rings. The number of nitrogens with zero attached hydrogens (tertiary/aromatic N) is 2. The molecule has 6 aromatic rings. The van der Waals surface area contributed by atoms with Gasteiger partial charge in [-0.2, -0.15) is 0 Å². The summed E-state index contributed by atoms with van der Waals surface area (Å²) in [6.45, 7) is 0.750. The van der Waals surface area contributed by atoms with E-state index in [9.17, 15) is 9.59 Å². The average molecular weight is 611 g/mol. The molecule has 1 saturated heterocycles. The third-order valence-corrected chi connectivity index (χ3v) is 9.11. The molecule has 0 saturated carbocycles. The van der Waals surface area contributed by atoms with Crippen LogP contribution < -0.4 is 4.90 Å². The summed E-state index contributed by atoms with van der Waals surface area (Å²) < 4.78 is 0. The molecule has 0 unspecified atom stereocenters. The molecule has 2 heterocycles. The summed E-state index contributed by atoms with van der Waals surface area (Å²) >= 11 is 6.47. The minimum Gasteiger partial charge on any atom is -0.481 e. The quantitative estimate of drug-likeness (QED) is 0.160. The zero-order valence-electron chi connectivity index (χ0n) is 24.7. The Bertz CT molecular complexity index is 2140. The smallest absolute Gasteiger partial charge is 0.309 e. The fourth-order valence-corrected chi connectivity index (χ4v) is 6.96. The van der Waals surface area contributed by atoms with Crippen molar-refractivity contribution in [2.75, 3.05) is 11.4 Å². The Balaban J connectivity index is 0.000000195. The van der Waals surface area contributed by atoms with Gasteiger partial charge in [-0.05, 0) is 88.9 Å². The Morgan fingerprint density at radius 1 is 0.733 bits per heavy atom. The van der Waals surface area contributed by atoms with Crippen LogP contribution in [0.15, 0.2) is 115 Å². The van der Waals surface area contributed by atoms with Crippen LogP contribution in [0.5, 0.6) is 0 Å². The minimum atomic E-state index is -0.854. The summed E-state index contributed by atoms with van der Waals surface area (Å²) in [5, 5.41) is 15.1. The normalized spacial score (nSPS) is 16.1. The number of hydrogen-bond acceptors (Lipinski definition) is 3. The first-order valence-electron chi connectivity index (χ1n) is 15.3. The van der Waals surface area contributed by atoms with Gasteiger partial charge in [-0.3, -0.25) is 14.6 Å². The van der Waals surface area contributed by atoms with Gasteiger partial charge in [-0.25, -0.2) is 0 Å². The van der Waals surface area contributed by atoms with Gasteiger partial charge >= 0.3 is 5.97 Å². The molecule has 1 aromatic heterocycles. The van der Waals surface area contributed by atoms with Crippen LogP contribution in [-0.4, -0.2) is 28.5 Å². The number of carbonyl (C=O) groups excluding carboxylic acids is 1. The number of aromatic nitrogens is 1. The second-order valence-corrected chi connectivity index (χ2v) is 11.9. The number of fused-ring (bicyclic) bond motifs is 6. The van der Waals surface area contributed by atoms with E-state index < -0.39 is 5.97 Å². The van der Waals surface area contributed by atoms with Crippen LogP contribution in [-0.2, 0) is 22.4 Å². The summed E-state index contributed by atoms with van der Waals surface area (Å²) in [5.74, 6) is -0.692. The highest BCUT2D eigenvalue weighted by Gasteiger charge is 2.32. The third-order valence-electron chi connectivity index (χ3n) is 8.78. The van der Waals surface area contributed by atoms with Gasteiger partial charge in [0.2, 0.25) is 0 Å². The predicted octanol–water partition coefficient (Wildman–Crippen LogP) is 9.04. The Morgan fingerprint density at radius 2 is 1.49 bits per heavy atom. The number of allylic oxidation sites excluding steroid dienone is 1. The van der Waals surface area contributed by atoms with Gasteiger partial charge in [0, 0.05) is 33.6 Å². The zero-order chi connectivity index (χ0) is 30.9. The van der Waals surface area contributed by atoms with Crippen LogP contribution >= 0.6 is 11.6 Å². The van der Waals surface area contributed by atoms with Crippen molar-refractivity contribution in [2.24, 2.45) is 0 Å². The maximum absolute atomic E-state index is 13.5. The first-order chi connectivity index (χ1) is 22.0. The fraction of sp³-hybridized carbons (Fsp3) is 0.154. The zero-order valence-corrected chi connectivity index (χ0v) is 25.4. The summed E-state index contributed by atoms with van der Waals surface area (Å²) in [6, 6.07) is 36.2. The number of para-hydroxylation sites is 2. The van der Waals surface area contributed by atoms with E-state index in [0.717, 1.165) is 64.8 Å². The number of carboxylic acid groups (broad SMARTS) is 1. The number of pyridine rings is 1. The largest absolute Gasteiger partial charge is 0.481 e. The average Bonchev–Trinajstić information content (AvgIpc) is 3.45. The molecule has 1 N–H and O–H groups in total. The van der Waals surface area contributed by atoms with Crippen molar-refractivity contribution in [3.05, 3.63) is 137 Å². The van der Waals surface area contributed by atoms with Gasteiger partial charge in [-0.1, -0.05) is 90.5 Å². The van der Waals surface area contributed by atoms with Crippen molar-refractivity contribution in [3.8, 4) is 0 Å². The maximum Gasteiger partial charge on any atom is 0.309 e. The number of rotatable bonds is 3. The number of aliphatic carboxylic acids is 1. The molecule has 222 valence electrons. The Kier molecular flexibility index (Phi) is 7.78. The van der Waals surface area contributed by atoms with Crippen LogP contribution in [0.3, 0.4) is 0 Å². The predicted molar refractivity (Wildman–Crippen MR) is 183 cm³/mol. The second-order valence-electron chi connectivity index (χ2n) is 11.5. The van der Waals surface area contributed by atoms with Gasteiger partial charge in [0.25, 0.3) is 5.91 Å². The van der Waals surface area contributed by atoms with Crippen LogP contribution in [0.1, 0.15) is 36.1 Å². The van der Waals surface area contributed by atoms with Crippen molar-refractivity contribution >= 4 is 67.2 Å². The molecule has 0 atom stereocenters. The molecule has 8 rings (SSSR count). The molecular weight excluding hydrogens is 580 g/mol. The molecule has 0 spiro atoms. The molecule has 1 aliphatic heterocycles. The summed E-state index contributed by atoms with van der Waals surface area (Å²) in [5.41, 5.74) is 7.29. The lowest BCUT2D eigenvalue weighted by Gasteiger charge is -2.24. The molecule has 5 aromatic carbocycles. The highest BCUT2D eigenvalue weighted by molar-refractivity contribution is 6.36. The number of hydrogen-bond donors (Lipinski definition) is 1. The monoisotopic (exact) mass is 610 g/mol.